The minimum absolute atomic E-state index is 0.0222. The van der Waals surface area contributed by atoms with Gasteiger partial charge in [0.1, 0.15) is 5.84 Å². The molecule has 0 aliphatic carbocycles. The zero-order valence-electron chi connectivity index (χ0n) is 12.3. The molecule has 0 fully saturated rings. The number of nitrogen functional groups attached to an aromatic ring is 1. The molecule has 19 heavy (non-hydrogen) atoms. The van der Waals surface area contributed by atoms with Gasteiger partial charge in [-0.25, -0.2) is 4.98 Å². The first-order chi connectivity index (χ1) is 8.76. The summed E-state index contributed by atoms with van der Waals surface area (Å²) in [6, 6.07) is 1.89. The molecule has 0 atom stereocenters. The van der Waals surface area contributed by atoms with Crippen LogP contribution < -0.4 is 10.5 Å². The van der Waals surface area contributed by atoms with Crippen molar-refractivity contribution in [1.82, 2.24) is 4.98 Å². The van der Waals surface area contributed by atoms with Crippen molar-refractivity contribution in [3.8, 4) is 5.88 Å². The zero-order chi connectivity index (χ0) is 14.6. The van der Waals surface area contributed by atoms with Gasteiger partial charge in [0.25, 0.3) is 0 Å². The molecule has 106 valence electrons. The fourth-order valence-corrected chi connectivity index (χ4v) is 1.73. The van der Waals surface area contributed by atoms with Crippen molar-refractivity contribution >= 4 is 5.84 Å². The van der Waals surface area contributed by atoms with Gasteiger partial charge < -0.3 is 15.2 Å². The third kappa shape index (κ3) is 4.21. The lowest BCUT2D eigenvalue weighted by Crippen LogP contribution is -2.26. The second-order valence-electron chi connectivity index (χ2n) is 5.24. The maximum atomic E-state index is 7.62. The Labute approximate surface area is 114 Å². The maximum Gasteiger partial charge on any atom is 0.225 e. The molecule has 0 amide bonds. The van der Waals surface area contributed by atoms with Crippen molar-refractivity contribution in [2.45, 2.75) is 39.7 Å². The van der Waals surface area contributed by atoms with E-state index in [2.05, 4.69) is 4.98 Å². The molecule has 1 aromatic heterocycles. The minimum atomic E-state index is -0.241. The van der Waals surface area contributed by atoms with Crippen LogP contribution in [0.2, 0.25) is 0 Å². The molecule has 0 bridgehead atoms. The summed E-state index contributed by atoms with van der Waals surface area (Å²) in [5.74, 6) is 0.405. The van der Waals surface area contributed by atoms with E-state index >= 15 is 0 Å². The van der Waals surface area contributed by atoms with Crippen LogP contribution in [0.15, 0.2) is 6.07 Å². The van der Waals surface area contributed by atoms with E-state index in [9.17, 15) is 0 Å². The number of nitrogens with zero attached hydrogens (tertiary/aromatic N) is 1. The van der Waals surface area contributed by atoms with Gasteiger partial charge >= 0.3 is 0 Å². The summed E-state index contributed by atoms with van der Waals surface area (Å²) in [6.45, 7) is 8.26. The number of hydrogen-bond donors (Lipinski definition) is 2. The van der Waals surface area contributed by atoms with Crippen LogP contribution in [0.3, 0.4) is 0 Å². The Morgan fingerprint density at radius 1 is 1.42 bits per heavy atom. The van der Waals surface area contributed by atoms with Gasteiger partial charge in [0.05, 0.1) is 17.8 Å². The first kappa shape index (κ1) is 15.4. The highest BCUT2D eigenvalue weighted by Crippen LogP contribution is 2.21. The average Bonchev–Trinajstić information content (AvgIpc) is 2.27. The van der Waals surface area contributed by atoms with E-state index in [1.54, 1.807) is 7.11 Å². The summed E-state index contributed by atoms with van der Waals surface area (Å²) >= 11 is 0. The van der Waals surface area contributed by atoms with Crippen LogP contribution in [0, 0.1) is 19.3 Å². The maximum absolute atomic E-state index is 7.62. The van der Waals surface area contributed by atoms with Gasteiger partial charge in [0, 0.05) is 19.2 Å². The number of hydrogen-bond acceptors (Lipinski definition) is 4. The largest absolute Gasteiger partial charge is 0.477 e. The monoisotopic (exact) mass is 265 g/mol. The Hall–Kier alpha value is -1.62. The van der Waals surface area contributed by atoms with E-state index < -0.39 is 0 Å². The average molecular weight is 265 g/mol. The Bertz CT molecular complexity index is 470. The Kier molecular flexibility index (Phi) is 4.89. The molecule has 0 radical (unpaired) electrons. The number of pyridine rings is 1. The fourth-order valence-electron chi connectivity index (χ4n) is 1.73. The Morgan fingerprint density at radius 2 is 2.05 bits per heavy atom. The lowest BCUT2D eigenvalue weighted by atomic mass is 10.1. The summed E-state index contributed by atoms with van der Waals surface area (Å²) in [4.78, 5) is 4.32. The molecule has 0 unspecified atom stereocenters. The fraction of sp³-hybridized carbons (Fsp3) is 0.571. The van der Waals surface area contributed by atoms with Crippen molar-refractivity contribution in [3.63, 3.8) is 0 Å². The van der Waals surface area contributed by atoms with Crippen molar-refractivity contribution in [2.75, 3.05) is 13.7 Å². The Morgan fingerprint density at radius 3 is 2.58 bits per heavy atom. The standard InChI is InChI=1S/C14H23N3O2/c1-9-8-10(2)17-13(11(9)12(15)16)19-7-6-14(3,4)18-5/h8H,6-7H2,1-5H3,(H3,15,16). The number of aromatic nitrogens is 1. The smallest absolute Gasteiger partial charge is 0.225 e. The molecule has 5 heteroatoms. The van der Waals surface area contributed by atoms with Gasteiger partial charge in [-0.15, -0.1) is 0 Å². The van der Waals surface area contributed by atoms with Crippen LogP contribution in [-0.4, -0.2) is 30.1 Å². The molecule has 1 rings (SSSR count). The predicted molar refractivity (Wildman–Crippen MR) is 75.9 cm³/mol. The van der Waals surface area contributed by atoms with E-state index in [0.717, 1.165) is 17.7 Å². The lowest BCUT2D eigenvalue weighted by molar-refractivity contribution is 0.00506. The summed E-state index contributed by atoms with van der Waals surface area (Å²) in [7, 11) is 1.68. The van der Waals surface area contributed by atoms with Gasteiger partial charge in [0.15, 0.2) is 0 Å². The van der Waals surface area contributed by atoms with Gasteiger partial charge in [-0.05, 0) is 39.3 Å². The van der Waals surface area contributed by atoms with E-state index in [-0.39, 0.29) is 11.4 Å². The molecule has 0 aliphatic heterocycles. The third-order valence-corrected chi connectivity index (χ3v) is 3.08. The van der Waals surface area contributed by atoms with Crippen LogP contribution in [0.4, 0.5) is 0 Å². The number of rotatable bonds is 6. The van der Waals surface area contributed by atoms with Crippen molar-refractivity contribution < 1.29 is 9.47 Å². The first-order valence-corrected chi connectivity index (χ1v) is 6.27. The highest BCUT2D eigenvalue weighted by atomic mass is 16.5. The number of nitrogens with two attached hydrogens (primary N) is 1. The zero-order valence-corrected chi connectivity index (χ0v) is 12.3. The van der Waals surface area contributed by atoms with E-state index in [0.29, 0.717) is 18.1 Å². The van der Waals surface area contributed by atoms with Gasteiger partial charge in [-0.3, -0.25) is 5.41 Å². The highest BCUT2D eigenvalue weighted by molar-refractivity contribution is 5.98. The summed E-state index contributed by atoms with van der Waals surface area (Å²) < 4.78 is 11.0. The van der Waals surface area contributed by atoms with Crippen LogP contribution in [0.1, 0.15) is 37.1 Å². The van der Waals surface area contributed by atoms with E-state index in [1.807, 2.05) is 33.8 Å². The molecule has 0 aromatic carbocycles. The third-order valence-electron chi connectivity index (χ3n) is 3.08. The van der Waals surface area contributed by atoms with Crippen molar-refractivity contribution in [1.29, 1.82) is 5.41 Å². The van der Waals surface area contributed by atoms with Crippen LogP contribution >= 0.6 is 0 Å². The molecule has 0 saturated heterocycles. The van der Waals surface area contributed by atoms with Crippen LogP contribution in [0.5, 0.6) is 5.88 Å². The van der Waals surface area contributed by atoms with Crippen molar-refractivity contribution in [3.05, 3.63) is 22.9 Å². The summed E-state index contributed by atoms with van der Waals surface area (Å²) in [5.41, 5.74) is 7.67. The number of amidine groups is 1. The quantitative estimate of drug-likeness (QED) is 0.610. The summed E-state index contributed by atoms with van der Waals surface area (Å²) in [6.07, 6.45) is 0.732. The van der Waals surface area contributed by atoms with E-state index in [4.69, 9.17) is 20.6 Å². The molecule has 0 spiro atoms. The number of nitrogens with one attached hydrogen (secondary N) is 1. The first-order valence-electron chi connectivity index (χ1n) is 6.27. The number of ether oxygens (including phenoxy) is 2. The number of methoxy groups -OCH3 is 1. The predicted octanol–water partition coefficient (Wildman–Crippen LogP) is 2.18. The second kappa shape index (κ2) is 6.02. The lowest BCUT2D eigenvalue weighted by Gasteiger charge is -2.23. The molecule has 0 saturated carbocycles. The second-order valence-corrected chi connectivity index (χ2v) is 5.24. The van der Waals surface area contributed by atoms with Gasteiger partial charge in [-0.1, -0.05) is 0 Å². The normalized spacial score (nSPS) is 11.4. The molecule has 1 heterocycles. The topological polar surface area (TPSA) is 81.2 Å². The molecular weight excluding hydrogens is 242 g/mol. The van der Waals surface area contributed by atoms with Crippen molar-refractivity contribution in [2.24, 2.45) is 5.73 Å². The minimum Gasteiger partial charge on any atom is -0.477 e. The van der Waals surface area contributed by atoms with Crippen LogP contribution in [0.25, 0.3) is 0 Å². The molecule has 0 aliphatic rings. The SMILES string of the molecule is COC(C)(C)CCOc1nc(C)cc(C)c1C(=N)N. The van der Waals surface area contributed by atoms with Gasteiger partial charge in [-0.2, -0.15) is 0 Å². The van der Waals surface area contributed by atoms with Gasteiger partial charge in [0.2, 0.25) is 5.88 Å². The molecule has 5 nitrogen and oxygen atoms in total. The molecule has 1 aromatic rings. The number of aryl methyl sites for hydroxylation is 2. The molecule has 3 N–H and O–H groups in total. The summed E-state index contributed by atoms with van der Waals surface area (Å²) in [5, 5.41) is 7.62. The Balaban J connectivity index is 2.86. The highest BCUT2D eigenvalue weighted by Gasteiger charge is 2.18. The molecular formula is C14H23N3O2. The van der Waals surface area contributed by atoms with Crippen LogP contribution in [-0.2, 0) is 4.74 Å². The van der Waals surface area contributed by atoms with E-state index in [1.165, 1.54) is 0 Å².